The van der Waals surface area contributed by atoms with Gasteiger partial charge in [-0.15, -0.1) is 0 Å². The van der Waals surface area contributed by atoms with Gasteiger partial charge in [-0.3, -0.25) is 4.98 Å². The van der Waals surface area contributed by atoms with E-state index in [1.54, 1.807) is 12.4 Å². The first-order valence-electron chi connectivity index (χ1n) is 9.98. The van der Waals surface area contributed by atoms with E-state index in [4.69, 9.17) is 10.2 Å². The number of nitrogens with zero attached hydrogens (tertiary/aromatic N) is 6. The number of pyridine rings is 1. The van der Waals surface area contributed by atoms with Gasteiger partial charge in [0.15, 0.2) is 5.82 Å². The Hall–Kier alpha value is -2.72. The summed E-state index contributed by atoms with van der Waals surface area (Å²) < 4.78 is 1.07. The molecule has 0 unspecified atom stereocenters. The van der Waals surface area contributed by atoms with Gasteiger partial charge in [-0.2, -0.15) is 5.26 Å². The smallest absolute Gasteiger partial charge is 0.150 e. The van der Waals surface area contributed by atoms with Gasteiger partial charge in [0.05, 0.1) is 17.3 Å². The molecule has 6 nitrogen and oxygen atoms in total. The first kappa shape index (κ1) is 18.3. The molecule has 0 amide bonds. The molecule has 0 spiro atoms. The second kappa shape index (κ2) is 7.60. The van der Waals surface area contributed by atoms with Crippen molar-refractivity contribution in [1.29, 1.82) is 5.26 Å². The molecule has 2 aliphatic rings. The highest BCUT2D eigenvalue weighted by molar-refractivity contribution is 9.10. The molecule has 0 N–H and O–H groups in total. The maximum absolute atomic E-state index is 9.14. The SMILES string of the molecule is N#CC1CCN(c2nccnc2C2CN(c3ccc4cc(Br)ccc4n3)C2)CC1. The molecule has 7 heteroatoms. The second-order valence-electron chi connectivity index (χ2n) is 7.76. The number of piperidine rings is 1. The summed E-state index contributed by atoms with van der Waals surface area (Å²) in [5.41, 5.74) is 2.08. The lowest BCUT2D eigenvalue weighted by Crippen LogP contribution is -2.47. The molecule has 146 valence electrons. The minimum atomic E-state index is 0.171. The summed E-state index contributed by atoms with van der Waals surface area (Å²) in [6.07, 6.45) is 5.37. The summed E-state index contributed by atoms with van der Waals surface area (Å²) in [6.45, 7) is 3.55. The average molecular weight is 449 g/mol. The van der Waals surface area contributed by atoms with Gasteiger partial charge < -0.3 is 9.80 Å². The lowest BCUT2D eigenvalue weighted by atomic mass is 9.94. The molecular formula is C22H21BrN6. The van der Waals surface area contributed by atoms with Crippen molar-refractivity contribution < 1.29 is 0 Å². The van der Waals surface area contributed by atoms with Crippen molar-refractivity contribution in [2.75, 3.05) is 36.0 Å². The molecule has 0 aliphatic carbocycles. The molecule has 5 rings (SSSR count). The fourth-order valence-corrected chi connectivity index (χ4v) is 4.57. The molecule has 0 bridgehead atoms. The van der Waals surface area contributed by atoms with Gasteiger partial charge in [-0.05, 0) is 43.2 Å². The number of halogens is 1. The number of fused-ring (bicyclic) bond motifs is 1. The summed E-state index contributed by atoms with van der Waals surface area (Å²) in [4.78, 5) is 18.7. The van der Waals surface area contributed by atoms with E-state index in [2.05, 4.69) is 60.0 Å². The number of benzene rings is 1. The highest BCUT2D eigenvalue weighted by Crippen LogP contribution is 2.35. The van der Waals surface area contributed by atoms with Crippen molar-refractivity contribution in [3.63, 3.8) is 0 Å². The van der Waals surface area contributed by atoms with Crippen LogP contribution in [0.3, 0.4) is 0 Å². The fraction of sp³-hybridized carbons (Fsp3) is 0.364. The lowest BCUT2D eigenvalue weighted by Gasteiger charge is -2.41. The third kappa shape index (κ3) is 3.53. The number of hydrogen-bond donors (Lipinski definition) is 0. The Bertz CT molecular complexity index is 1080. The van der Waals surface area contributed by atoms with Gasteiger partial charge >= 0.3 is 0 Å². The molecular weight excluding hydrogens is 428 g/mol. The maximum atomic E-state index is 9.14. The Morgan fingerprint density at radius 3 is 2.59 bits per heavy atom. The van der Waals surface area contributed by atoms with Crippen molar-refractivity contribution in [2.45, 2.75) is 18.8 Å². The highest BCUT2D eigenvalue weighted by atomic mass is 79.9. The number of nitriles is 1. The van der Waals surface area contributed by atoms with Crippen molar-refractivity contribution >= 4 is 38.5 Å². The normalized spacial score (nSPS) is 17.9. The molecule has 29 heavy (non-hydrogen) atoms. The topological polar surface area (TPSA) is 68.9 Å². The molecule has 2 aromatic heterocycles. The van der Waals surface area contributed by atoms with E-state index >= 15 is 0 Å². The van der Waals surface area contributed by atoms with Crippen LogP contribution in [0.2, 0.25) is 0 Å². The first-order valence-corrected chi connectivity index (χ1v) is 10.8. The first-order chi connectivity index (χ1) is 14.2. The molecule has 2 fully saturated rings. The third-order valence-electron chi connectivity index (χ3n) is 5.91. The van der Waals surface area contributed by atoms with Crippen LogP contribution in [-0.2, 0) is 0 Å². The van der Waals surface area contributed by atoms with Gasteiger partial charge in [-0.25, -0.2) is 9.97 Å². The summed E-state index contributed by atoms with van der Waals surface area (Å²) in [5, 5.41) is 10.3. The Morgan fingerprint density at radius 2 is 1.79 bits per heavy atom. The number of hydrogen-bond acceptors (Lipinski definition) is 6. The molecule has 1 aromatic carbocycles. The zero-order valence-corrected chi connectivity index (χ0v) is 17.6. The van der Waals surface area contributed by atoms with E-state index in [0.29, 0.717) is 5.92 Å². The van der Waals surface area contributed by atoms with Crippen LogP contribution < -0.4 is 9.80 Å². The minimum absolute atomic E-state index is 0.171. The van der Waals surface area contributed by atoms with Crippen molar-refractivity contribution in [3.8, 4) is 6.07 Å². The predicted molar refractivity (Wildman–Crippen MR) is 117 cm³/mol. The van der Waals surface area contributed by atoms with Crippen molar-refractivity contribution in [3.05, 3.63) is 52.9 Å². The predicted octanol–water partition coefficient (Wildman–Crippen LogP) is 4.13. The van der Waals surface area contributed by atoms with Gasteiger partial charge in [0.2, 0.25) is 0 Å². The molecule has 2 saturated heterocycles. The standard InChI is InChI=1S/C22H21BrN6/c23-18-2-3-19-16(11-18)1-4-20(27-19)29-13-17(14-29)21-22(26-8-7-25-21)28-9-5-15(12-24)6-10-28/h1-4,7-8,11,15,17H,5-6,9-10,13-14H2. The number of aromatic nitrogens is 3. The maximum Gasteiger partial charge on any atom is 0.150 e. The Labute approximate surface area is 178 Å². The molecule has 0 atom stereocenters. The van der Waals surface area contributed by atoms with E-state index in [1.165, 1.54) is 0 Å². The van der Waals surface area contributed by atoms with Crippen LogP contribution in [0.25, 0.3) is 10.9 Å². The minimum Gasteiger partial charge on any atom is -0.355 e. The lowest BCUT2D eigenvalue weighted by molar-refractivity contribution is 0.473. The van der Waals surface area contributed by atoms with Crippen molar-refractivity contribution in [1.82, 2.24) is 15.0 Å². The van der Waals surface area contributed by atoms with Crippen LogP contribution in [0, 0.1) is 17.2 Å². The van der Waals surface area contributed by atoms with Crippen LogP contribution >= 0.6 is 15.9 Å². The van der Waals surface area contributed by atoms with Crippen LogP contribution in [-0.4, -0.2) is 41.1 Å². The quantitative estimate of drug-likeness (QED) is 0.599. The summed E-state index contributed by atoms with van der Waals surface area (Å²) in [7, 11) is 0. The highest BCUT2D eigenvalue weighted by Gasteiger charge is 2.34. The van der Waals surface area contributed by atoms with Crippen LogP contribution in [0.1, 0.15) is 24.5 Å². The monoisotopic (exact) mass is 448 g/mol. The zero-order chi connectivity index (χ0) is 19.8. The summed E-state index contributed by atoms with van der Waals surface area (Å²) in [6, 6.07) is 12.8. The van der Waals surface area contributed by atoms with Crippen molar-refractivity contribution in [2.24, 2.45) is 5.92 Å². The largest absolute Gasteiger partial charge is 0.355 e. The van der Waals surface area contributed by atoms with Gasteiger partial charge in [0.25, 0.3) is 0 Å². The van der Waals surface area contributed by atoms with Crippen LogP contribution in [0.5, 0.6) is 0 Å². The van der Waals surface area contributed by atoms with Crippen LogP contribution in [0.4, 0.5) is 11.6 Å². The van der Waals surface area contributed by atoms with Gasteiger partial charge in [0.1, 0.15) is 5.82 Å². The molecule has 4 heterocycles. The molecule has 3 aromatic rings. The molecule has 2 aliphatic heterocycles. The Kier molecular flexibility index (Phi) is 4.80. The Balaban J connectivity index is 1.31. The number of rotatable bonds is 3. The zero-order valence-electron chi connectivity index (χ0n) is 16.0. The number of anilines is 2. The fourth-order valence-electron chi connectivity index (χ4n) is 4.19. The van der Waals surface area contributed by atoms with Crippen LogP contribution in [0.15, 0.2) is 47.2 Å². The molecule has 0 saturated carbocycles. The third-order valence-corrected chi connectivity index (χ3v) is 6.41. The summed E-state index contributed by atoms with van der Waals surface area (Å²) >= 11 is 3.51. The van der Waals surface area contributed by atoms with E-state index in [-0.39, 0.29) is 5.92 Å². The Morgan fingerprint density at radius 1 is 1.00 bits per heavy atom. The van der Waals surface area contributed by atoms with Gasteiger partial charge in [0, 0.05) is 60.3 Å². The second-order valence-corrected chi connectivity index (χ2v) is 8.68. The van der Waals surface area contributed by atoms with Gasteiger partial charge in [-0.1, -0.05) is 15.9 Å². The van der Waals surface area contributed by atoms with E-state index in [1.807, 2.05) is 12.1 Å². The van der Waals surface area contributed by atoms with E-state index < -0.39 is 0 Å². The average Bonchev–Trinajstić information content (AvgIpc) is 2.73. The summed E-state index contributed by atoms with van der Waals surface area (Å²) in [5.74, 6) is 2.53. The molecule has 0 radical (unpaired) electrons. The van der Waals surface area contributed by atoms with E-state index in [0.717, 1.165) is 71.7 Å². The van der Waals surface area contributed by atoms with E-state index in [9.17, 15) is 0 Å².